The molecule has 2 heterocycles. The van der Waals surface area contributed by atoms with Crippen LogP contribution >= 0.6 is 12.2 Å². The molecule has 0 amide bonds. The summed E-state index contributed by atoms with van der Waals surface area (Å²) in [6, 6.07) is 3.86. The zero-order valence-electron chi connectivity index (χ0n) is 6.24. The lowest BCUT2D eigenvalue weighted by molar-refractivity contribution is 1.14. The number of nitrogens with one attached hydrogen (secondary N) is 2. The molecular weight excluding hydrogens is 170 g/mol. The Labute approximate surface area is 74.5 Å². The third-order valence-electron chi connectivity index (χ3n) is 1.58. The monoisotopic (exact) mass is 177 g/mol. The Morgan fingerprint density at radius 3 is 2.92 bits per heavy atom. The molecule has 12 heavy (non-hydrogen) atoms. The summed E-state index contributed by atoms with van der Waals surface area (Å²) in [5.74, 6) is 0. The van der Waals surface area contributed by atoms with Crippen LogP contribution in [-0.2, 0) is 0 Å². The molecule has 0 fully saturated rings. The summed E-state index contributed by atoms with van der Waals surface area (Å²) in [6.45, 7) is 0. The van der Waals surface area contributed by atoms with Gasteiger partial charge in [0.1, 0.15) is 0 Å². The molecule has 2 N–H and O–H groups in total. The van der Waals surface area contributed by atoms with Crippen LogP contribution in [-0.4, -0.2) is 15.0 Å². The van der Waals surface area contributed by atoms with Gasteiger partial charge in [-0.1, -0.05) is 0 Å². The molecule has 60 valence electrons. The van der Waals surface area contributed by atoms with Gasteiger partial charge in [0.05, 0.1) is 5.69 Å². The van der Waals surface area contributed by atoms with E-state index in [4.69, 9.17) is 12.2 Å². The summed E-state index contributed by atoms with van der Waals surface area (Å²) in [5, 5.41) is 0. The van der Waals surface area contributed by atoms with E-state index in [9.17, 15) is 0 Å². The topological polar surface area (TPSA) is 44.5 Å². The predicted molar refractivity (Wildman–Crippen MR) is 49.2 cm³/mol. The number of aromatic nitrogens is 3. The van der Waals surface area contributed by atoms with E-state index in [1.54, 1.807) is 6.20 Å². The maximum atomic E-state index is 4.90. The van der Waals surface area contributed by atoms with Crippen molar-refractivity contribution < 1.29 is 0 Å². The van der Waals surface area contributed by atoms with E-state index in [0.29, 0.717) is 4.77 Å². The van der Waals surface area contributed by atoms with Crippen LogP contribution in [0.3, 0.4) is 0 Å². The maximum Gasteiger partial charge on any atom is 0.197 e. The van der Waals surface area contributed by atoms with E-state index in [1.807, 2.05) is 24.5 Å². The van der Waals surface area contributed by atoms with Gasteiger partial charge < -0.3 is 9.97 Å². The first-order valence-corrected chi connectivity index (χ1v) is 3.95. The Morgan fingerprint density at radius 2 is 2.25 bits per heavy atom. The second-order valence-corrected chi connectivity index (χ2v) is 2.78. The Kier molecular flexibility index (Phi) is 1.75. The van der Waals surface area contributed by atoms with Crippen LogP contribution in [0.4, 0.5) is 0 Å². The van der Waals surface area contributed by atoms with Gasteiger partial charge in [0.15, 0.2) is 4.77 Å². The Hall–Kier alpha value is -1.42. The number of aromatic amines is 2. The lowest BCUT2D eigenvalue weighted by atomic mass is 10.2. The van der Waals surface area contributed by atoms with E-state index < -0.39 is 0 Å². The van der Waals surface area contributed by atoms with Gasteiger partial charge in [0.2, 0.25) is 0 Å². The summed E-state index contributed by atoms with van der Waals surface area (Å²) in [7, 11) is 0. The third-order valence-corrected chi connectivity index (χ3v) is 1.79. The molecule has 2 rings (SSSR count). The molecule has 0 aliphatic rings. The van der Waals surface area contributed by atoms with Crippen LogP contribution in [0.5, 0.6) is 0 Å². The number of nitrogens with zero attached hydrogens (tertiary/aromatic N) is 1. The summed E-state index contributed by atoms with van der Waals surface area (Å²) in [4.78, 5) is 9.87. The first-order chi connectivity index (χ1) is 5.86. The fourth-order valence-electron chi connectivity index (χ4n) is 1.03. The van der Waals surface area contributed by atoms with Gasteiger partial charge in [0, 0.05) is 24.2 Å². The fourth-order valence-corrected chi connectivity index (χ4v) is 1.20. The van der Waals surface area contributed by atoms with E-state index in [2.05, 4.69) is 15.0 Å². The average Bonchev–Trinajstić information content (AvgIpc) is 2.56. The van der Waals surface area contributed by atoms with Crippen molar-refractivity contribution in [3.05, 3.63) is 35.5 Å². The van der Waals surface area contributed by atoms with Gasteiger partial charge >= 0.3 is 0 Å². The van der Waals surface area contributed by atoms with Crippen LogP contribution in [0.1, 0.15) is 0 Å². The van der Waals surface area contributed by atoms with Gasteiger partial charge in [0.25, 0.3) is 0 Å². The van der Waals surface area contributed by atoms with Crippen molar-refractivity contribution >= 4 is 12.2 Å². The van der Waals surface area contributed by atoms with Crippen molar-refractivity contribution in [2.75, 3.05) is 0 Å². The zero-order valence-corrected chi connectivity index (χ0v) is 7.06. The molecule has 0 saturated heterocycles. The minimum atomic E-state index is 0.508. The van der Waals surface area contributed by atoms with Crippen LogP contribution in [0.25, 0.3) is 11.3 Å². The smallest absolute Gasteiger partial charge is 0.197 e. The van der Waals surface area contributed by atoms with E-state index in [-0.39, 0.29) is 0 Å². The van der Waals surface area contributed by atoms with Crippen molar-refractivity contribution in [3.63, 3.8) is 0 Å². The van der Waals surface area contributed by atoms with Crippen LogP contribution in [0.2, 0.25) is 0 Å². The molecule has 0 bridgehead atoms. The molecular formula is C8H7N3S. The van der Waals surface area contributed by atoms with Gasteiger partial charge in [-0.05, 0) is 24.4 Å². The Balaban J connectivity index is 2.55. The number of hydrogen-bond acceptors (Lipinski definition) is 2. The largest absolute Gasteiger partial charge is 0.367 e. The molecule has 0 unspecified atom stereocenters. The predicted octanol–water partition coefficient (Wildman–Crippen LogP) is 2.13. The SMILES string of the molecule is S=c1nccc(-c2cc[nH]c2)[nH]1. The van der Waals surface area contributed by atoms with Crippen LogP contribution in [0, 0.1) is 4.77 Å². The maximum absolute atomic E-state index is 4.90. The number of H-pyrrole nitrogens is 2. The highest BCUT2D eigenvalue weighted by Crippen LogP contribution is 2.13. The zero-order chi connectivity index (χ0) is 8.39. The molecule has 0 aliphatic carbocycles. The van der Waals surface area contributed by atoms with Gasteiger partial charge in [-0.25, -0.2) is 4.98 Å². The van der Waals surface area contributed by atoms with E-state index in [1.165, 1.54) is 0 Å². The van der Waals surface area contributed by atoms with Crippen LogP contribution in [0.15, 0.2) is 30.7 Å². The fraction of sp³-hybridized carbons (Fsp3) is 0. The van der Waals surface area contributed by atoms with Crippen LogP contribution < -0.4 is 0 Å². The standard InChI is InChI=1S/C8H7N3S/c12-8-10-4-2-7(11-8)6-1-3-9-5-6/h1-5,9H,(H,10,11,12). The number of rotatable bonds is 1. The first-order valence-electron chi connectivity index (χ1n) is 3.55. The molecule has 0 atom stereocenters. The quantitative estimate of drug-likeness (QED) is 0.655. The lowest BCUT2D eigenvalue weighted by Crippen LogP contribution is -1.83. The molecule has 2 aromatic rings. The Bertz CT molecular complexity index is 416. The third kappa shape index (κ3) is 1.29. The van der Waals surface area contributed by atoms with Crippen molar-refractivity contribution in [2.24, 2.45) is 0 Å². The van der Waals surface area contributed by atoms with Gasteiger partial charge in [-0.2, -0.15) is 0 Å². The normalized spacial score (nSPS) is 10.0. The molecule has 0 aromatic carbocycles. The molecule has 4 heteroatoms. The second kappa shape index (κ2) is 2.91. The first kappa shape index (κ1) is 7.24. The molecule has 3 nitrogen and oxygen atoms in total. The summed E-state index contributed by atoms with van der Waals surface area (Å²) >= 11 is 4.90. The van der Waals surface area contributed by atoms with E-state index in [0.717, 1.165) is 11.3 Å². The molecule has 2 aromatic heterocycles. The molecule has 0 spiro atoms. The van der Waals surface area contributed by atoms with Crippen molar-refractivity contribution in [1.82, 2.24) is 15.0 Å². The highest BCUT2D eigenvalue weighted by atomic mass is 32.1. The highest BCUT2D eigenvalue weighted by molar-refractivity contribution is 7.71. The minimum absolute atomic E-state index is 0.508. The Morgan fingerprint density at radius 1 is 1.33 bits per heavy atom. The summed E-state index contributed by atoms with van der Waals surface area (Å²) in [6.07, 6.45) is 5.47. The molecule has 0 radical (unpaired) electrons. The van der Waals surface area contributed by atoms with Crippen molar-refractivity contribution in [1.29, 1.82) is 0 Å². The minimum Gasteiger partial charge on any atom is -0.367 e. The highest BCUT2D eigenvalue weighted by Gasteiger charge is 1.95. The second-order valence-electron chi connectivity index (χ2n) is 2.39. The molecule has 0 aliphatic heterocycles. The van der Waals surface area contributed by atoms with Gasteiger partial charge in [-0.15, -0.1) is 0 Å². The summed E-state index contributed by atoms with van der Waals surface area (Å²) in [5.41, 5.74) is 2.07. The lowest BCUT2D eigenvalue weighted by Gasteiger charge is -1.94. The summed E-state index contributed by atoms with van der Waals surface area (Å²) < 4.78 is 0.508. The average molecular weight is 177 g/mol. The molecule has 0 saturated carbocycles. The van der Waals surface area contributed by atoms with Gasteiger partial charge in [-0.3, -0.25) is 0 Å². The van der Waals surface area contributed by atoms with E-state index >= 15 is 0 Å². The number of hydrogen-bond donors (Lipinski definition) is 2. The van der Waals surface area contributed by atoms with Crippen molar-refractivity contribution in [3.8, 4) is 11.3 Å². The van der Waals surface area contributed by atoms with Crippen molar-refractivity contribution in [2.45, 2.75) is 0 Å².